The molecule has 1 saturated heterocycles. The molecule has 0 saturated carbocycles. The number of hydrogen-bond donors (Lipinski definition) is 1. The van der Waals surface area contributed by atoms with E-state index >= 15 is 0 Å². The lowest BCUT2D eigenvalue weighted by atomic mass is 10.0. The molecule has 4 heteroatoms. The van der Waals surface area contributed by atoms with E-state index < -0.39 is 6.04 Å². The van der Waals surface area contributed by atoms with E-state index in [1.54, 1.807) is 31.4 Å². The Morgan fingerprint density at radius 3 is 2.50 bits per heavy atom. The predicted molar refractivity (Wildman–Crippen MR) is 71.0 cm³/mol. The van der Waals surface area contributed by atoms with Gasteiger partial charge in [-0.25, -0.2) is 0 Å². The smallest absolute Gasteiger partial charge is 0.180 e. The highest BCUT2D eigenvalue weighted by atomic mass is 16.5. The Morgan fingerprint density at radius 1 is 1.33 bits per heavy atom. The molecule has 1 aromatic carbocycles. The van der Waals surface area contributed by atoms with E-state index in [1.807, 2.05) is 0 Å². The zero-order valence-corrected chi connectivity index (χ0v) is 10.8. The van der Waals surface area contributed by atoms with Crippen LogP contribution in [0.15, 0.2) is 24.3 Å². The molecule has 0 bridgehead atoms. The number of Topliss-reactive ketones (excluding diaryl/α,β-unsaturated/α-hetero) is 1. The maximum Gasteiger partial charge on any atom is 0.180 e. The topological polar surface area (TPSA) is 55.6 Å². The van der Waals surface area contributed by atoms with Crippen molar-refractivity contribution in [2.75, 3.05) is 26.7 Å². The molecule has 0 aliphatic carbocycles. The van der Waals surface area contributed by atoms with Gasteiger partial charge in [-0.3, -0.25) is 4.79 Å². The molecule has 1 atom stereocenters. The quantitative estimate of drug-likeness (QED) is 0.798. The second-order valence-electron chi connectivity index (χ2n) is 4.71. The van der Waals surface area contributed by atoms with Gasteiger partial charge >= 0.3 is 0 Å². The Balaban J connectivity index is 1.95. The summed E-state index contributed by atoms with van der Waals surface area (Å²) in [6.07, 6.45) is 2.42. The Morgan fingerprint density at radius 2 is 1.94 bits per heavy atom. The number of rotatable bonds is 5. The SMILES string of the molecule is COc1ccc(C(=O)[C@@H](N)CN2CCCC2)cc1. The van der Waals surface area contributed by atoms with Gasteiger partial charge in [-0.2, -0.15) is 0 Å². The maximum atomic E-state index is 12.1. The van der Waals surface area contributed by atoms with Gasteiger partial charge in [0.15, 0.2) is 5.78 Å². The lowest BCUT2D eigenvalue weighted by molar-refractivity contribution is 0.0942. The summed E-state index contributed by atoms with van der Waals surface area (Å²) in [5.74, 6) is 0.754. The summed E-state index contributed by atoms with van der Waals surface area (Å²) in [5.41, 5.74) is 6.63. The monoisotopic (exact) mass is 248 g/mol. The summed E-state index contributed by atoms with van der Waals surface area (Å²) in [6, 6.07) is 6.68. The highest BCUT2D eigenvalue weighted by Crippen LogP contribution is 2.14. The van der Waals surface area contributed by atoms with Gasteiger partial charge in [0.1, 0.15) is 5.75 Å². The zero-order valence-electron chi connectivity index (χ0n) is 10.8. The molecule has 0 aromatic heterocycles. The zero-order chi connectivity index (χ0) is 13.0. The number of nitrogens with two attached hydrogens (primary N) is 1. The first-order valence-electron chi connectivity index (χ1n) is 6.37. The average molecular weight is 248 g/mol. The lowest BCUT2D eigenvalue weighted by Crippen LogP contribution is -2.41. The second-order valence-corrected chi connectivity index (χ2v) is 4.71. The second kappa shape index (κ2) is 5.98. The minimum absolute atomic E-state index is 0.00422. The van der Waals surface area contributed by atoms with Crippen molar-refractivity contribution in [2.24, 2.45) is 5.73 Å². The van der Waals surface area contributed by atoms with Crippen molar-refractivity contribution in [3.05, 3.63) is 29.8 Å². The Bertz CT molecular complexity index is 397. The van der Waals surface area contributed by atoms with Gasteiger partial charge in [0.25, 0.3) is 0 Å². The number of methoxy groups -OCH3 is 1. The maximum absolute atomic E-state index is 12.1. The third-order valence-corrected chi connectivity index (χ3v) is 3.36. The van der Waals surface area contributed by atoms with Crippen LogP contribution < -0.4 is 10.5 Å². The summed E-state index contributed by atoms with van der Waals surface area (Å²) in [7, 11) is 1.61. The van der Waals surface area contributed by atoms with Crippen LogP contribution in [0.3, 0.4) is 0 Å². The Kier molecular flexibility index (Phi) is 4.33. The molecule has 2 N–H and O–H groups in total. The van der Waals surface area contributed by atoms with Gasteiger partial charge in [-0.15, -0.1) is 0 Å². The number of ketones is 1. The summed E-state index contributed by atoms with van der Waals surface area (Å²) in [6.45, 7) is 2.78. The molecule has 1 aliphatic rings. The van der Waals surface area contributed by atoms with Gasteiger partial charge in [0.05, 0.1) is 13.2 Å². The number of carbonyl (C=O) groups is 1. The van der Waals surface area contributed by atoms with E-state index in [-0.39, 0.29) is 5.78 Å². The third-order valence-electron chi connectivity index (χ3n) is 3.36. The molecule has 18 heavy (non-hydrogen) atoms. The van der Waals surface area contributed by atoms with Crippen molar-refractivity contribution >= 4 is 5.78 Å². The van der Waals surface area contributed by atoms with Crippen molar-refractivity contribution < 1.29 is 9.53 Å². The molecular formula is C14H20N2O2. The van der Waals surface area contributed by atoms with E-state index in [0.29, 0.717) is 12.1 Å². The van der Waals surface area contributed by atoms with E-state index in [1.165, 1.54) is 12.8 Å². The van der Waals surface area contributed by atoms with Crippen molar-refractivity contribution in [3.63, 3.8) is 0 Å². The van der Waals surface area contributed by atoms with E-state index in [0.717, 1.165) is 18.8 Å². The third kappa shape index (κ3) is 3.09. The largest absolute Gasteiger partial charge is 0.497 e. The molecule has 0 spiro atoms. The summed E-state index contributed by atoms with van der Waals surface area (Å²) < 4.78 is 5.07. The molecule has 0 radical (unpaired) electrons. The molecular weight excluding hydrogens is 228 g/mol. The number of benzene rings is 1. The normalized spacial score (nSPS) is 17.7. The fourth-order valence-electron chi connectivity index (χ4n) is 2.30. The molecule has 0 unspecified atom stereocenters. The molecule has 0 amide bonds. The first kappa shape index (κ1) is 13.1. The Labute approximate surface area is 108 Å². The summed E-state index contributed by atoms with van der Waals surface area (Å²) in [5, 5.41) is 0. The van der Waals surface area contributed by atoms with Gasteiger partial charge in [-0.1, -0.05) is 0 Å². The fourth-order valence-corrected chi connectivity index (χ4v) is 2.30. The van der Waals surface area contributed by atoms with Gasteiger partial charge in [-0.05, 0) is 50.2 Å². The van der Waals surface area contributed by atoms with Gasteiger partial charge in [0, 0.05) is 12.1 Å². The first-order valence-corrected chi connectivity index (χ1v) is 6.37. The number of likely N-dealkylation sites (tertiary alicyclic amines) is 1. The van der Waals surface area contributed by atoms with Crippen LogP contribution in [-0.2, 0) is 0 Å². The van der Waals surface area contributed by atoms with Crippen molar-refractivity contribution in [2.45, 2.75) is 18.9 Å². The number of hydrogen-bond acceptors (Lipinski definition) is 4. The fraction of sp³-hybridized carbons (Fsp3) is 0.500. The predicted octanol–water partition coefficient (Wildman–Crippen LogP) is 1.30. The van der Waals surface area contributed by atoms with Gasteiger partial charge in [0.2, 0.25) is 0 Å². The van der Waals surface area contributed by atoms with E-state index in [4.69, 9.17) is 10.5 Å². The van der Waals surface area contributed by atoms with Crippen LogP contribution in [0.2, 0.25) is 0 Å². The Hall–Kier alpha value is -1.39. The molecule has 1 aromatic rings. The summed E-state index contributed by atoms with van der Waals surface area (Å²) in [4.78, 5) is 14.4. The number of ether oxygens (including phenoxy) is 1. The van der Waals surface area contributed by atoms with E-state index in [2.05, 4.69) is 4.90 Å². The molecule has 1 heterocycles. The standard InChI is InChI=1S/C14H20N2O2/c1-18-12-6-4-11(5-7-12)14(17)13(15)10-16-8-2-3-9-16/h4-7,13H,2-3,8-10,15H2,1H3/t13-/m0/s1. The van der Waals surface area contributed by atoms with Crippen LogP contribution >= 0.6 is 0 Å². The molecule has 2 rings (SSSR count). The van der Waals surface area contributed by atoms with Crippen LogP contribution in [0.25, 0.3) is 0 Å². The van der Waals surface area contributed by atoms with E-state index in [9.17, 15) is 4.79 Å². The molecule has 98 valence electrons. The van der Waals surface area contributed by atoms with Crippen molar-refractivity contribution in [1.82, 2.24) is 4.90 Å². The number of carbonyl (C=O) groups excluding carboxylic acids is 1. The van der Waals surface area contributed by atoms with Crippen molar-refractivity contribution in [1.29, 1.82) is 0 Å². The molecule has 1 fully saturated rings. The average Bonchev–Trinajstić information content (AvgIpc) is 2.91. The van der Waals surface area contributed by atoms with Crippen LogP contribution in [0.5, 0.6) is 5.75 Å². The molecule has 4 nitrogen and oxygen atoms in total. The highest BCUT2D eigenvalue weighted by Gasteiger charge is 2.20. The highest BCUT2D eigenvalue weighted by molar-refractivity contribution is 6.00. The minimum Gasteiger partial charge on any atom is -0.497 e. The molecule has 1 aliphatic heterocycles. The van der Waals surface area contributed by atoms with Crippen LogP contribution in [0, 0.1) is 0 Å². The minimum atomic E-state index is -0.434. The van der Waals surface area contributed by atoms with Crippen molar-refractivity contribution in [3.8, 4) is 5.75 Å². The van der Waals surface area contributed by atoms with Crippen LogP contribution in [0.4, 0.5) is 0 Å². The lowest BCUT2D eigenvalue weighted by Gasteiger charge is -2.19. The van der Waals surface area contributed by atoms with Crippen LogP contribution in [-0.4, -0.2) is 43.5 Å². The van der Waals surface area contributed by atoms with Crippen LogP contribution in [0.1, 0.15) is 23.2 Å². The number of nitrogens with zero attached hydrogens (tertiary/aromatic N) is 1. The van der Waals surface area contributed by atoms with Gasteiger partial charge < -0.3 is 15.4 Å². The first-order chi connectivity index (χ1) is 8.70. The summed E-state index contributed by atoms with van der Waals surface area (Å²) >= 11 is 0.